The zero-order valence-corrected chi connectivity index (χ0v) is 11.9. The largest absolute Gasteiger partial charge is 0.322 e. The maximum Gasteiger partial charge on any atom is 0.238 e. The summed E-state index contributed by atoms with van der Waals surface area (Å²) in [6.07, 6.45) is 2.24. The molecule has 1 saturated heterocycles. The molecule has 2 rings (SSSR count). The molecule has 2 N–H and O–H groups in total. The van der Waals surface area contributed by atoms with Crippen molar-refractivity contribution >= 4 is 11.6 Å². The average molecular weight is 279 g/mol. The number of halogens is 1. The highest BCUT2D eigenvalue weighted by Crippen LogP contribution is 2.13. The highest BCUT2D eigenvalue weighted by Gasteiger charge is 2.21. The Kier molecular flexibility index (Phi) is 5.49. The van der Waals surface area contributed by atoms with Gasteiger partial charge >= 0.3 is 0 Å². The average Bonchev–Trinajstić information content (AvgIpc) is 2.42. The van der Waals surface area contributed by atoms with Crippen LogP contribution < -0.4 is 10.6 Å². The van der Waals surface area contributed by atoms with Gasteiger partial charge in [-0.1, -0.05) is 19.1 Å². The second-order valence-corrected chi connectivity index (χ2v) is 5.16. The fourth-order valence-electron chi connectivity index (χ4n) is 2.61. The molecule has 0 saturated carbocycles. The Labute approximate surface area is 119 Å². The first-order valence-corrected chi connectivity index (χ1v) is 7.19. The van der Waals surface area contributed by atoms with Crippen LogP contribution in [-0.2, 0) is 4.79 Å². The summed E-state index contributed by atoms with van der Waals surface area (Å²) in [5, 5.41) is 6.04. The van der Waals surface area contributed by atoms with Gasteiger partial charge in [0, 0.05) is 12.6 Å². The molecule has 1 atom stereocenters. The lowest BCUT2D eigenvalue weighted by Crippen LogP contribution is -2.47. The Morgan fingerprint density at radius 3 is 3.00 bits per heavy atom. The Morgan fingerprint density at radius 2 is 2.25 bits per heavy atom. The van der Waals surface area contributed by atoms with E-state index >= 15 is 0 Å². The van der Waals surface area contributed by atoms with E-state index in [0.717, 1.165) is 32.5 Å². The van der Waals surface area contributed by atoms with Crippen molar-refractivity contribution in [2.45, 2.75) is 25.8 Å². The summed E-state index contributed by atoms with van der Waals surface area (Å²) in [6.45, 7) is 5.14. The zero-order chi connectivity index (χ0) is 14.4. The quantitative estimate of drug-likeness (QED) is 0.864. The molecular weight excluding hydrogens is 257 g/mol. The Balaban J connectivity index is 1.84. The number of piperidine rings is 1. The third-order valence-electron chi connectivity index (χ3n) is 3.51. The summed E-state index contributed by atoms with van der Waals surface area (Å²) in [4.78, 5) is 14.1. The van der Waals surface area contributed by atoms with E-state index in [0.29, 0.717) is 12.6 Å². The Morgan fingerprint density at radius 1 is 1.45 bits per heavy atom. The van der Waals surface area contributed by atoms with E-state index in [2.05, 4.69) is 22.5 Å². The summed E-state index contributed by atoms with van der Waals surface area (Å²) >= 11 is 0. The van der Waals surface area contributed by atoms with E-state index in [-0.39, 0.29) is 11.6 Å². The van der Waals surface area contributed by atoms with Gasteiger partial charge in [-0.05, 0) is 38.1 Å². The minimum absolute atomic E-state index is 0.160. The Hall–Kier alpha value is -1.46. The van der Waals surface area contributed by atoms with Crippen molar-refractivity contribution in [3.63, 3.8) is 0 Å². The van der Waals surface area contributed by atoms with Crippen LogP contribution in [0.5, 0.6) is 0 Å². The van der Waals surface area contributed by atoms with E-state index in [9.17, 15) is 9.18 Å². The molecule has 5 heteroatoms. The van der Waals surface area contributed by atoms with Gasteiger partial charge in [0.25, 0.3) is 0 Å². The van der Waals surface area contributed by atoms with Crippen LogP contribution in [0.2, 0.25) is 0 Å². The van der Waals surface area contributed by atoms with Crippen molar-refractivity contribution in [3.05, 3.63) is 30.1 Å². The van der Waals surface area contributed by atoms with Crippen molar-refractivity contribution < 1.29 is 9.18 Å². The van der Waals surface area contributed by atoms with E-state index in [1.54, 1.807) is 18.2 Å². The lowest BCUT2D eigenvalue weighted by molar-refractivity contribution is -0.117. The molecule has 0 radical (unpaired) electrons. The highest BCUT2D eigenvalue weighted by molar-refractivity contribution is 5.92. The van der Waals surface area contributed by atoms with Crippen LogP contribution in [0.4, 0.5) is 10.1 Å². The second-order valence-electron chi connectivity index (χ2n) is 5.16. The molecule has 1 heterocycles. The van der Waals surface area contributed by atoms with Gasteiger partial charge in [-0.2, -0.15) is 0 Å². The standard InChI is InChI=1S/C15H22FN3O/c1-2-17-12-6-5-9-19(10-12)11-15(20)18-14-8-4-3-7-13(14)16/h3-4,7-8,12,17H,2,5-6,9-11H2,1H3,(H,18,20). The molecule has 20 heavy (non-hydrogen) atoms. The predicted octanol–water partition coefficient (Wildman–Crippen LogP) is 1.84. The number of likely N-dealkylation sites (N-methyl/N-ethyl adjacent to an activating group) is 1. The minimum atomic E-state index is -0.398. The monoisotopic (exact) mass is 279 g/mol. The van der Waals surface area contributed by atoms with Gasteiger partial charge in [0.2, 0.25) is 5.91 Å². The summed E-state index contributed by atoms with van der Waals surface area (Å²) in [5.41, 5.74) is 0.248. The van der Waals surface area contributed by atoms with Gasteiger partial charge in [0.1, 0.15) is 5.82 Å². The van der Waals surface area contributed by atoms with E-state index in [4.69, 9.17) is 0 Å². The zero-order valence-electron chi connectivity index (χ0n) is 11.9. The molecule has 0 aromatic heterocycles. The van der Waals surface area contributed by atoms with Gasteiger partial charge in [-0.15, -0.1) is 0 Å². The van der Waals surface area contributed by atoms with Gasteiger partial charge in [-0.3, -0.25) is 9.69 Å². The van der Waals surface area contributed by atoms with Crippen molar-refractivity contribution in [3.8, 4) is 0 Å². The fraction of sp³-hybridized carbons (Fsp3) is 0.533. The third-order valence-corrected chi connectivity index (χ3v) is 3.51. The first kappa shape index (κ1) is 14.9. The molecule has 1 unspecified atom stereocenters. The van der Waals surface area contributed by atoms with Crippen LogP contribution in [0, 0.1) is 5.82 Å². The van der Waals surface area contributed by atoms with Gasteiger partial charge in [0.05, 0.1) is 12.2 Å². The molecule has 1 aliphatic rings. The molecular formula is C15H22FN3O. The summed E-state index contributed by atoms with van der Waals surface area (Å²) in [6, 6.07) is 6.69. The van der Waals surface area contributed by atoms with Crippen molar-refractivity contribution in [1.82, 2.24) is 10.2 Å². The number of anilines is 1. The van der Waals surface area contributed by atoms with Crippen LogP contribution in [0.25, 0.3) is 0 Å². The number of amides is 1. The fourth-order valence-corrected chi connectivity index (χ4v) is 2.61. The van der Waals surface area contributed by atoms with Crippen LogP contribution in [0.15, 0.2) is 24.3 Å². The SMILES string of the molecule is CCNC1CCCN(CC(=O)Nc2ccccc2F)C1. The van der Waals surface area contributed by atoms with E-state index < -0.39 is 5.82 Å². The third kappa shape index (κ3) is 4.28. The number of benzene rings is 1. The van der Waals surface area contributed by atoms with Crippen LogP contribution in [0.3, 0.4) is 0 Å². The molecule has 0 aliphatic carbocycles. The number of hydrogen-bond acceptors (Lipinski definition) is 3. The number of carbonyl (C=O) groups is 1. The Bertz CT molecular complexity index is 450. The van der Waals surface area contributed by atoms with Crippen molar-refractivity contribution in [2.75, 3.05) is 31.5 Å². The maximum absolute atomic E-state index is 13.5. The van der Waals surface area contributed by atoms with Crippen molar-refractivity contribution in [2.24, 2.45) is 0 Å². The van der Waals surface area contributed by atoms with Gasteiger partial charge < -0.3 is 10.6 Å². The molecule has 0 spiro atoms. The molecule has 4 nitrogen and oxygen atoms in total. The van der Waals surface area contributed by atoms with E-state index in [1.165, 1.54) is 6.07 Å². The van der Waals surface area contributed by atoms with Gasteiger partial charge in [-0.25, -0.2) is 4.39 Å². The van der Waals surface area contributed by atoms with Crippen molar-refractivity contribution in [1.29, 1.82) is 0 Å². The first-order valence-electron chi connectivity index (χ1n) is 7.19. The second kappa shape index (κ2) is 7.36. The number of rotatable bonds is 5. The summed E-state index contributed by atoms with van der Waals surface area (Å²) in [5.74, 6) is -0.558. The normalized spacial score (nSPS) is 19.8. The molecule has 1 aliphatic heterocycles. The lowest BCUT2D eigenvalue weighted by Gasteiger charge is -2.32. The molecule has 0 bridgehead atoms. The topological polar surface area (TPSA) is 44.4 Å². The molecule has 110 valence electrons. The molecule has 1 amide bonds. The highest BCUT2D eigenvalue weighted by atomic mass is 19.1. The molecule has 1 aromatic rings. The van der Waals surface area contributed by atoms with Crippen LogP contribution in [0.1, 0.15) is 19.8 Å². The number of para-hydroxylation sites is 1. The predicted molar refractivity (Wildman–Crippen MR) is 78.2 cm³/mol. The summed E-state index contributed by atoms with van der Waals surface area (Å²) in [7, 11) is 0. The smallest absolute Gasteiger partial charge is 0.238 e. The maximum atomic E-state index is 13.5. The number of nitrogens with one attached hydrogen (secondary N) is 2. The number of carbonyl (C=O) groups excluding carboxylic acids is 1. The number of nitrogens with zero attached hydrogens (tertiary/aromatic N) is 1. The number of likely N-dealkylation sites (tertiary alicyclic amines) is 1. The van der Waals surface area contributed by atoms with Crippen LogP contribution >= 0.6 is 0 Å². The first-order chi connectivity index (χ1) is 9.69. The minimum Gasteiger partial charge on any atom is -0.322 e. The molecule has 1 fully saturated rings. The van der Waals surface area contributed by atoms with E-state index in [1.807, 2.05) is 0 Å². The number of hydrogen-bond donors (Lipinski definition) is 2. The van der Waals surface area contributed by atoms with Crippen LogP contribution in [-0.4, -0.2) is 43.0 Å². The van der Waals surface area contributed by atoms with Gasteiger partial charge in [0.15, 0.2) is 0 Å². The molecule has 1 aromatic carbocycles. The summed E-state index contributed by atoms with van der Waals surface area (Å²) < 4.78 is 13.5. The lowest BCUT2D eigenvalue weighted by atomic mass is 10.1.